The number of rotatable bonds is 4. The van der Waals surface area contributed by atoms with Crippen LogP contribution in [0.3, 0.4) is 0 Å². The third-order valence-electron chi connectivity index (χ3n) is 12.8. The number of carbonyl (C=O) groups excluding carboxylic acids is 4. The number of benzene rings is 2. The van der Waals surface area contributed by atoms with Crippen molar-refractivity contribution in [3.63, 3.8) is 0 Å². The normalized spacial score (nSPS) is 29.2. The second kappa shape index (κ2) is 12.1. The number of phenolic OH excluding ortho intramolecular Hbond substituents is 1. The van der Waals surface area contributed by atoms with E-state index in [1.165, 1.54) is 4.90 Å². The summed E-state index contributed by atoms with van der Waals surface area (Å²) in [4.78, 5) is 62.0. The number of thiophene rings is 1. The number of aryl methyl sites for hydroxylation is 2. The van der Waals surface area contributed by atoms with Gasteiger partial charge in [-0.1, -0.05) is 58.4 Å². The van der Waals surface area contributed by atoms with Crippen molar-refractivity contribution < 1.29 is 24.3 Å². The number of phenols is 1. The molecule has 2 saturated heterocycles. The van der Waals surface area contributed by atoms with E-state index in [1.54, 1.807) is 46.2 Å². The molecule has 268 valence electrons. The Bertz CT molecular complexity index is 2270. The van der Waals surface area contributed by atoms with Crippen molar-refractivity contribution in [1.29, 1.82) is 0 Å². The molecule has 3 aliphatic carbocycles. The van der Waals surface area contributed by atoms with E-state index < -0.39 is 35.0 Å². The number of aromatic hydroxyl groups is 1. The summed E-state index contributed by atoms with van der Waals surface area (Å²) in [5.74, 6) is -3.66. The minimum absolute atomic E-state index is 0.0105. The van der Waals surface area contributed by atoms with Crippen molar-refractivity contribution in [1.82, 2.24) is 14.7 Å². The number of nitrogens with zero attached hydrogens (tertiary/aromatic N) is 4. The third-order valence-corrected chi connectivity index (χ3v) is 14.8. The van der Waals surface area contributed by atoms with Gasteiger partial charge in [0.25, 0.3) is 0 Å². The first kappa shape index (κ1) is 34.0. The predicted molar refractivity (Wildman–Crippen MR) is 203 cm³/mol. The van der Waals surface area contributed by atoms with E-state index in [1.807, 2.05) is 44.2 Å². The minimum atomic E-state index is -1.28. The maximum absolute atomic E-state index is 15.1. The molecule has 9 nitrogen and oxygen atoms in total. The van der Waals surface area contributed by atoms with Crippen molar-refractivity contribution >= 4 is 78.4 Å². The fraction of sp³-hybridized carbons (Fsp3) is 0.425. The van der Waals surface area contributed by atoms with Gasteiger partial charge >= 0.3 is 0 Å². The molecule has 5 aliphatic rings. The number of hydrogen-bond acceptors (Lipinski definition) is 7. The van der Waals surface area contributed by atoms with Crippen LogP contribution in [0.5, 0.6) is 5.75 Å². The van der Waals surface area contributed by atoms with E-state index in [0.717, 1.165) is 62.7 Å². The topological polar surface area (TPSA) is 113 Å². The average molecular weight is 802 g/mol. The van der Waals surface area contributed by atoms with Crippen LogP contribution in [0.15, 0.2) is 58.6 Å². The minimum Gasteiger partial charge on any atom is -0.508 e. The Kier molecular flexibility index (Phi) is 7.92. The lowest BCUT2D eigenvalue weighted by atomic mass is 9.51. The zero-order valence-corrected chi connectivity index (χ0v) is 32.2. The number of carbonyl (C=O) groups is 4. The number of likely N-dealkylation sites (tertiary alicyclic amines) is 1. The highest BCUT2D eigenvalue weighted by Gasteiger charge is 2.68. The standard InChI is InChI=1S/C40H38BrClN4O5S/c1-19-25-16-21(42)10-14-31(25)52-35(19)29-18-32(44(3)43-29)46-37(49)28-17-26-23(34(40(28,2)39(46)51)27-15-20(41)9-13-30(27)47)11-12-24-33(26)38(50)45(36(24)48)22-7-5-4-6-8-22/h9-11,13-16,18,22,24,26,28,33-34,47H,4-8,12,17H2,1-3H3/t24-,26+,28-,33-,34+,40+/m0/s1. The lowest BCUT2D eigenvalue weighted by Crippen LogP contribution is -2.49. The third kappa shape index (κ3) is 4.73. The second-order valence-corrected chi connectivity index (χ2v) is 17.8. The number of allylic oxidation sites excluding steroid dienone is 2. The Morgan fingerprint density at radius 3 is 2.52 bits per heavy atom. The molecule has 1 N–H and O–H groups in total. The largest absolute Gasteiger partial charge is 0.508 e. The first-order chi connectivity index (χ1) is 24.9. The van der Waals surface area contributed by atoms with Gasteiger partial charge < -0.3 is 5.11 Å². The molecular weight excluding hydrogens is 764 g/mol. The summed E-state index contributed by atoms with van der Waals surface area (Å²) in [6.07, 6.45) is 7.41. The maximum Gasteiger partial charge on any atom is 0.242 e. The molecule has 0 bridgehead atoms. The summed E-state index contributed by atoms with van der Waals surface area (Å²) < 4.78 is 3.36. The highest BCUT2D eigenvalue weighted by Crippen LogP contribution is 2.64. The van der Waals surface area contributed by atoms with Crippen LogP contribution in [-0.4, -0.2) is 49.5 Å². The van der Waals surface area contributed by atoms with Crippen LogP contribution in [0.2, 0.25) is 5.02 Å². The van der Waals surface area contributed by atoms with Gasteiger partial charge in [-0.15, -0.1) is 11.3 Å². The fourth-order valence-electron chi connectivity index (χ4n) is 10.3. The molecular formula is C40H38BrClN4O5S. The molecule has 2 aliphatic heterocycles. The monoisotopic (exact) mass is 800 g/mol. The predicted octanol–water partition coefficient (Wildman–Crippen LogP) is 8.30. The molecule has 0 spiro atoms. The highest BCUT2D eigenvalue weighted by atomic mass is 79.9. The number of aromatic nitrogens is 2. The molecule has 2 aromatic carbocycles. The number of halogens is 2. The Labute approximate surface area is 318 Å². The maximum atomic E-state index is 15.1. The van der Waals surface area contributed by atoms with Crippen molar-refractivity contribution in [2.45, 2.75) is 70.8 Å². The number of imide groups is 2. The lowest BCUT2D eigenvalue weighted by Gasteiger charge is -2.49. The van der Waals surface area contributed by atoms with Crippen LogP contribution < -0.4 is 4.90 Å². The van der Waals surface area contributed by atoms with Crippen molar-refractivity contribution in [3.05, 3.63) is 74.7 Å². The zero-order chi connectivity index (χ0) is 36.4. The van der Waals surface area contributed by atoms with E-state index in [9.17, 15) is 19.5 Å². The SMILES string of the molecule is Cc1c(-c2cc(N3C(=O)[C@@H]4C[C@@H]5C(=CC[C@@H]6C(=O)N(C7CCCCC7)C(=O)[C@@H]65)[C@H](c5cc(Br)ccc5O)[C@]4(C)C3=O)n(C)n2)sc2ccc(Cl)cc12. The fourth-order valence-corrected chi connectivity index (χ4v) is 12.0. The number of amides is 4. The molecule has 52 heavy (non-hydrogen) atoms. The smallest absolute Gasteiger partial charge is 0.242 e. The lowest BCUT2D eigenvalue weighted by molar-refractivity contribution is -0.144. The van der Waals surface area contributed by atoms with Crippen LogP contribution in [0, 0.1) is 36.0 Å². The van der Waals surface area contributed by atoms with Crippen LogP contribution >= 0.6 is 38.9 Å². The summed E-state index contributed by atoms with van der Waals surface area (Å²) in [5.41, 5.74) is 1.75. The van der Waals surface area contributed by atoms with Crippen molar-refractivity contribution in [3.8, 4) is 16.3 Å². The van der Waals surface area contributed by atoms with Crippen molar-refractivity contribution in [2.75, 3.05) is 4.90 Å². The van der Waals surface area contributed by atoms with Crippen LogP contribution in [0.25, 0.3) is 20.7 Å². The molecule has 2 aromatic heterocycles. The Hall–Kier alpha value is -3.80. The van der Waals surface area contributed by atoms with Gasteiger partial charge in [-0.25, -0.2) is 4.90 Å². The molecule has 2 saturated carbocycles. The zero-order valence-electron chi connectivity index (χ0n) is 29.1. The van der Waals surface area contributed by atoms with Gasteiger partial charge in [0.15, 0.2) is 0 Å². The van der Waals surface area contributed by atoms with E-state index in [4.69, 9.17) is 16.7 Å². The summed E-state index contributed by atoms with van der Waals surface area (Å²) >= 11 is 11.5. The summed E-state index contributed by atoms with van der Waals surface area (Å²) in [6, 6.07) is 12.6. The molecule has 9 rings (SSSR count). The van der Waals surface area contributed by atoms with Crippen LogP contribution in [0.1, 0.15) is 68.9 Å². The van der Waals surface area contributed by atoms with Crippen LogP contribution in [0.4, 0.5) is 5.82 Å². The number of fused-ring (bicyclic) bond motifs is 5. The Balaban J connectivity index is 1.15. The molecule has 4 aromatic rings. The Morgan fingerprint density at radius 1 is 0.981 bits per heavy atom. The molecule has 6 atom stereocenters. The highest BCUT2D eigenvalue weighted by molar-refractivity contribution is 9.10. The Morgan fingerprint density at radius 2 is 1.75 bits per heavy atom. The molecule has 0 radical (unpaired) electrons. The molecule has 0 unspecified atom stereocenters. The van der Waals surface area contributed by atoms with Gasteiger partial charge in [-0.2, -0.15) is 5.10 Å². The number of hydrogen-bond donors (Lipinski definition) is 1. The van der Waals surface area contributed by atoms with Crippen LogP contribution in [-0.2, 0) is 26.2 Å². The summed E-state index contributed by atoms with van der Waals surface area (Å²) in [7, 11) is 1.73. The summed E-state index contributed by atoms with van der Waals surface area (Å²) in [6.45, 7) is 3.85. The molecule has 12 heteroatoms. The number of anilines is 1. The first-order valence-corrected chi connectivity index (χ1v) is 20.1. The van der Waals surface area contributed by atoms with Gasteiger partial charge in [0.05, 0.1) is 28.0 Å². The quantitative estimate of drug-likeness (QED) is 0.164. The molecule has 4 heterocycles. The van der Waals surface area contributed by atoms with Gasteiger partial charge in [0.1, 0.15) is 17.3 Å². The van der Waals surface area contributed by atoms with E-state index >= 15 is 4.79 Å². The molecule has 4 amide bonds. The van der Waals surface area contributed by atoms with Crippen molar-refractivity contribution in [2.24, 2.45) is 36.1 Å². The summed E-state index contributed by atoms with van der Waals surface area (Å²) in [5, 5.41) is 17.9. The second-order valence-electron chi connectivity index (χ2n) is 15.4. The van der Waals surface area contributed by atoms with E-state index in [-0.39, 0.29) is 41.8 Å². The van der Waals surface area contributed by atoms with Gasteiger partial charge in [-0.3, -0.25) is 28.8 Å². The van der Waals surface area contributed by atoms with Gasteiger partial charge in [-0.05, 0) is 92.8 Å². The van der Waals surface area contributed by atoms with Gasteiger partial charge in [0.2, 0.25) is 23.6 Å². The van der Waals surface area contributed by atoms with Gasteiger partial charge in [0, 0.05) is 44.8 Å². The van der Waals surface area contributed by atoms with E-state index in [2.05, 4.69) is 15.9 Å². The average Bonchev–Trinajstić information content (AvgIpc) is 3.80. The first-order valence-electron chi connectivity index (χ1n) is 18.1. The van der Waals surface area contributed by atoms with E-state index in [0.29, 0.717) is 28.5 Å². The molecule has 4 fully saturated rings.